The minimum Gasteiger partial charge on any atom is -0.489 e. The van der Waals surface area contributed by atoms with E-state index in [-0.39, 0.29) is 11.9 Å². The van der Waals surface area contributed by atoms with Gasteiger partial charge in [0, 0.05) is 31.1 Å². The summed E-state index contributed by atoms with van der Waals surface area (Å²) in [6.07, 6.45) is 3.06. The molecule has 0 saturated carbocycles. The van der Waals surface area contributed by atoms with Crippen molar-refractivity contribution in [1.82, 2.24) is 9.97 Å². The van der Waals surface area contributed by atoms with E-state index in [0.29, 0.717) is 24.1 Å². The number of aromatic nitrogens is 2. The number of anilines is 2. The van der Waals surface area contributed by atoms with Crippen LogP contribution in [0.4, 0.5) is 16.2 Å². The van der Waals surface area contributed by atoms with Crippen LogP contribution in [-0.4, -0.2) is 42.3 Å². The molecule has 1 aliphatic rings. The van der Waals surface area contributed by atoms with E-state index < -0.39 is 0 Å². The third-order valence-electron chi connectivity index (χ3n) is 5.92. The van der Waals surface area contributed by atoms with Crippen molar-refractivity contribution in [3.8, 4) is 5.75 Å². The van der Waals surface area contributed by atoms with Crippen LogP contribution >= 0.6 is 0 Å². The lowest BCUT2D eigenvalue weighted by Crippen LogP contribution is -2.42. The molecule has 1 fully saturated rings. The van der Waals surface area contributed by atoms with Gasteiger partial charge in [-0.2, -0.15) is 4.98 Å². The zero-order chi connectivity index (χ0) is 21.1. The Labute approximate surface area is 177 Å². The summed E-state index contributed by atoms with van der Waals surface area (Å²) < 4.78 is 20.1. The van der Waals surface area contributed by atoms with Gasteiger partial charge in [0.15, 0.2) is 0 Å². The topological polar surface area (TPSA) is 41.5 Å². The van der Waals surface area contributed by atoms with Gasteiger partial charge >= 0.3 is 0 Å². The van der Waals surface area contributed by atoms with Crippen LogP contribution in [0.25, 0.3) is 10.9 Å². The highest BCUT2D eigenvalue weighted by molar-refractivity contribution is 5.90. The number of piperidine rings is 1. The molecule has 2 unspecified atom stereocenters. The Bertz CT molecular complexity index is 997. The maximum Gasteiger partial charge on any atom is 0.228 e. The molecule has 2 heterocycles. The summed E-state index contributed by atoms with van der Waals surface area (Å²) >= 11 is 0. The number of fused-ring (bicyclic) bond motifs is 1. The fraction of sp³-hybridized carbons (Fsp3) is 0.417. The van der Waals surface area contributed by atoms with E-state index in [4.69, 9.17) is 14.7 Å². The van der Waals surface area contributed by atoms with E-state index in [0.717, 1.165) is 42.8 Å². The molecule has 0 aliphatic carbocycles. The Hall–Kier alpha value is -2.89. The van der Waals surface area contributed by atoms with Gasteiger partial charge in [-0.05, 0) is 50.5 Å². The Morgan fingerprint density at radius 1 is 1.20 bits per heavy atom. The van der Waals surface area contributed by atoms with Gasteiger partial charge in [-0.25, -0.2) is 9.37 Å². The Kier molecular flexibility index (Phi) is 6.02. The zero-order valence-corrected chi connectivity index (χ0v) is 17.9. The number of hydrogen-bond acceptors (Lipinski definition) is 5. The van der Waals surface area contributed by atoms with Gasteiger partial charge in [0.2, 0.25) is 5.95 Å². The van der Waals surface area contributed by atoms with Crippen molar-refractivity contribution in [2.45, 2.75) is 45.3 Å². The smallest absolute Gasteiger partial charge is 0.228 e. The van der Waals surface area contributed by atoms with Gasteiger partial charge < -0.3 is 14.5 Å². The van der Waals surface area contributed by atoms with Crippen LogP contribution in [0.5, 0.6) is 5.75 Å². The molecule has 0 amide bonds. The van der Waals surface area contributed by atoms with Gasteiger partial charge in [-0.15, -0.1) is 0 Å². The van der Waals surface area contributed by atoms with Gasteiger partial charge in [0.1, 0.15) is 23.5 Å². The number of para-hydroxylation sites is 1. The highest BCUT2D eigenvalue weighted by atomic mass is 19.1. The standard InChI is InChI=1S/C24H29FN4O/c1-4-17(2)28(3)23-21-13-12-18(25)15-22(21)26-24(27-23)29-14-8-11-20(16-29)30-19-9-6-5-7-10-19/h5-7,9-10,12-13,15,17,20H,4,8,11,14,16H2,1-3H3. The van der Waals surface area contributed by atoms with Crippen molar-refractivity contribution in [1.29, 1.82) is 0 Å². The first-order chi connectivity index (χ1) is 14.5. The van der Waals surface area contributed by atoms with Gasteiger partial charge in [0.25, 0.3) is 0 Å². The number of ether oxygens (including phenoxy) is 1. The van der Waals surface area contributed by atoms with Crippen LogP contribution in [0, 0.1) is 5.82 Å². The summed E-state index contributed by atoms with van der Waals surface area (Å²) in [7, 11) is 2.04. The van der Waals surface area contributed by atoms with Crippen LogP contribution in [0.15, 0.2) is 48.5 Å². The lowest BCUT2D eigenvalue weighted by molar-refractivity contribution is 0.178. The lowest BCUT2D eigenvalue weighted by Gasteiger charge is -2.34. The fourth-order valence-corrected chi connectivity index (χ4v) is 3.87. The quantitative estimate of drug-likeness (QED) is 0.571. The van der Waals surface area contributed by atoms with Crippen molar-refractivity contribution in [3.63, 3.8) is 0 Å². The Balaban J connectivity index is 1.65. The van der Waals surface area contributed by atoms with Crippen molar-refractivity contribution in [2.24, 2.45) is 0 Å². The van der Waals surface area contributed by atoms with E-state index in [9.17, 15) is 4.39 Å². The summed E-state index contributed by atoms with van der Waals surface area (Å²) in [6, 6.07) is 15.0. The highest BCUT2D eigenvalue weighted by Crippen LogP contribution is 2.29. The minimum absolute atomic E-state index is 0.0729. The molecule has 30 heavy (non-hydrogen) atoms. The lowest BCUT2D eigenvalue weighted by atomic mass is 10.1. The van der Waals surface area contributed by atoms with Crippen molar-refractivity contribution in [2.75, 3.05) is 29.9 Å². The molecule has 5 nitrogen and oxygen atoms in total. The van der Waals surface area contributed by atoms with E-state index in [1.807, 2.05) is 37.4 Å². The van der Waals surface area contributed by atoms with E-state index in [2.05, 4.69) is 23.6 Å². The molecule has 2 atom stereocenters. The molecule has 0 spiro atoms. The molecule has 3 aromatic rings. The Morgan fingerprint density at radius 2 is 2.00 bits per heavy atom. The third kappa shape index (κ3) is 4.32. The van der Waals surface area contributed by atoms with Crippen LogP contribution < -0.4 is 14.5 Å². The number of hydrogen-bond donors (Lipinski definition) is 0. The molecular formula is C24H29FN4O. The highest BCUT2D eigenvalue weighted by Gasteiger charge is 2.25. The summed E-state index contributed by atoms with van der Waals surface area (Å²) in [5, 5.41) is 0.872. The molecule has 0 radical (unpaired) electrons. The summed E-state index contributed by atoms with van der Waals surface area (Å²) in [6.45, 7) is 5.90. The van der Waals surface area contributed by atoms with Crippen LogP contribution in [0.2, 0.25) is 0 Å². The van der Waals surface area contributed by atoms with Crippen LogP contribution in [0.1, 0.15) is 33.1 Å². The first kappa shape index (κ1) is 20.4. The fourth-order valence-electron chi connectivity index (χ4n) is 3.87. The van der Waals surface area contributed by atoms with E-state index in [1.54, 1.807) is 6.07 Å². The number of nitrogens with zero attached hydrogens (tertiary/aromatic N) is 4. The predicted molar refractivity (Wildman–Crippen MR) is 120 cm³/mol. The first-order valence-corrected chi connectivity index (χ1v) is 10.7. The van der Waals surface area contributed by atoms with Crippen molar-refractivity contribution in [3.05, 3.63) is 54.3 Å². The number of benzene rings is 2. The molecule has 2 aromatic carbocycles. The second kappa shape index (κ2) is 8.86. The van der Waals surface area contributed by atoms with Crippen LogP contribution in [-0.2, 0) is 0 Å². The predicted octanol–water partition coefficient (Wildman–Crippen LogP) is 5.05. The molecule has 6 heteroatoms. The SMILES string of the molecule is CCC(C)N(C)c1nc(N2CCCC(Oc3ccccc3)C2)nc2cc(F)ccc12. The van der Waals surface area contributed by atoms with Gasteiger partial charge in [-0.1, -0.05) is 25.1 Å². The van der Waals surface area contributed by atoms with Gasteiger partial charge in [0.05, 0.1) is 12.1 Å². The largest absolute Gasteiger partial charge is 0.489 e. The molecule has 0 N–H and O–H groups in total. The molecule has 1 aromatic heterocycles. The molecule has 158 valence electrons. The monoisotopic (exact) mass is 408 g/mol. The summed E-state index contributed by atoms with van der Waals surface area (Å²) in [4.78, 5) is 14.0. The van der Waals surface area contributed by atoms with Gasteiger partial charge in [-0.3, -0.25) is 0 Å². The van der Waals surface area contributed by atoms with E-state index in [1.165, 1.54) is 12.1 Å². The molecule has 0 bridgehead atoms. The minimum atomic E-state index is -0.284. The van der Waals surface area contributed by atoms with E-state index >= 15 is 0 Å². The molecule has 1 aliphatic heterocycles. The Morgan fingerprint density at radius 3 is 2.77 bits per heavy atom. The summed E-state index contributed by atoms with van der Waals surface area (Å²) in [5.74, 6) is 2.08. The maximum absolute atomic E-state index is 14.0. The number of halogens is 1. The van der Waals surface area contributed by atoms with Crippen molar-refractivity contribution >= 4 is 22.7 Å². The van der Waals surface area contributed by atoms with Crippen molar-refractivity contribution < 1.29 is 9.13 Å². The molecule has 4 rings (SSSR count). The zero-order valence-electron chi connectivity index (χ0n) is 17.9. The normalized spacial score (nSPS) is 17.7. The average Bonchev–Trinajstić information content (AvgIpc) is 2.78. The third-order valence-corrected chi connectivity index (χ3v) is 5.92. The second-order valence-electron chi connectivity index (χ2n) is 8.02. The second-order valence-corrected chi connectivity index (χ2v) is 8.02. The molecular weight excluding hydrogens is 379 g/mol. The maximum atomic E-state index is 14.0. The van der Waals surface area contributed by atoms with Crippen LogP contribution in [0.3, 0.4) is 0 Å². The average molecular weight is 409 g/mol. The summed E-state index contributed by atoms with van der Waals surface area (Å²) in [5.41, 5.74) is 0.635. The molecule has 1 saturated heterocycles. The number of rotatable bonds is 6. The first-order valence-electron chi connectivity index (χ1n) is 10.7.